The topological polar surface area (TPSA) is 70.0 Å². The van der Waals surface area contributed by atoms with Crippen LogP contribution in [0.15, 0.2) is 0 Å². The molecule has 0 saturated heterocycles. The van der Waals surface area contributed by atoms with Crippen molar-refractivity contribution < 1.29 is 8.42 Å². The van der Waals surface area contributed by atoms with Gasteiger partial charge < -0.3 is 0 Å². The van der Waals surface area contributed by atoms with Gasteiger partial charge in [0.05, 0.1) is 6.07 Å². The van der Waals surface area contributed by atoms with Crippen LogP contribution >= 0.6 is 0 Å². The van der Waals surface area contributed by atoms with Crippen molar-refractivity contribution in [1.29, 1.82) is 5.26 Å². The van der Waals surface area contributed by atoms with Crippen LogP contribution in [-0.2, 0) is 10.0 Å². The van der Waals surface area contributed by atoms with Gasteiger partial charge in [-0.15, -0.1) is 0 Å². The van der Waals surface area contributed by atoms with E-state index in [1.807, 2.05) is 6.92 Å². The van der Waals surface area contributed by atoms with Crippen LogP contribution in [0, 0.1) is 17.2 Å². The molecular weight excluding hydrogens is 224 g/mol. The fraction of sp³-hybridized carbons (Fsp3) is 0.909. The molecular formula is C11H20N2O2S. The van der Waals surface area contributed by atoms with E-state index < -0.39 is 15.3 Å². The van der Waals surface area contributed by atoms with Crippen LogP contribution in [0.25, 0.3) is 0 Å². The Labute approximate surface area is 98.1 Å². The number of sulfonamides is 1. The van der Waals surface area contributed by atoms with E-state index in [2.05, 4.69) is 4.72 Å². The molecule has 0 radical (unpaired) electrons. The van der Waals surface area contributed by atoms with Gasteiger partial charge >= 0.3 is 0 Å². The molecule has 92 valence electrons. The highest BCUT2D eigenvalue weighted by Crippen LogP contribution is 2.26. The van der Waals surface area contributed by atoms with Crippen molar-refractivity contribution >= 4 is 10.0 Å². The van der Waals surface area contributed by atoms with Gasteiger partial charge in [-0.1, -0.05) is 19.3 Å². The monoisotopic (exact) mass is 244 g/mol. The van der Waals surface area contributed by atoms with Gasteiger partial charge in [-0.3, -0.25) is 0 Å². The number of nitrogens with zero attached hydrogens (tertiary/aromatic N) is 1. The van der Waals surface area contributed by atoms with E-state index in [-0.39, 0.29) is 6.04 Å². The lowest BCUT2D eigenvalue weighted by Crippen LogP contribution is -2.42. The summed E-state index contributed by atoms with van der Waals surface area (Å²) in [6, 6.07) is 1.71. The van der Waals surface area contributed by atoms with Crippen molar-refractivity contribution in [1.82, 2.24) is 4.72 Å². The average Bonchev–Trinajstić information content (AvgIpc) is 2.28. The molecule has 1 aliphatic carbocycles. The Kier molecular flexibility index (Phi) is 4.75. The molecule has 0 aromatic rings. The zero-order valence-electron chi connectivity index (χ0n) is 9.94. The Morgan fingerprint density at radius 3 is 2.31 bits per heavy atom. The second-order valence-electron chi connectivity index (χ2n) is 4.62. The Morgan fingerprint density at radius 1 is 1.25 bits per heavy atom. The fourth-order valence-electron chi connectivity index (χ4n) is 2.16. The number of nitriles is 1. The Balaban J connectivity index is 2.56. The molecule has 0 aliphatic heterocycles. The molecule has 0 spiro atoms. The summed E-state index contributed by atoms with van der Waals surface area (Å²) in [4.78, 5) is 0. The summed E-state index contributed by atoms with van der Waals surface area (Å²) in [6.07, 6.45) is 5.80. The third-order valence-corrected chi connectivity index (χ3v) is 5.09. The van der Waals surface area contributed by atoms with E-state index in [0.29, 0.717) is 5.92 Å². The Bertz CT molecular complexity index is 353. The molecule has 2 unspecified atom stereocenters. The number of hydrogen-bond donors (Lipinski definition) is 1. The minimum absolute atomic E-state index is 0.0545. The molecule has 0 heterocycles. The maximum Gasteiger partial charge on any atom is 0.227 e. The van der Waals surface area contributed by atoms with Crippen LogP contribution in [0.3, 0.4) is 0 Å². The van der Waals surface area contributed by atoms with Crippen LogP contribution in [0.1, 0.15) is 46.0 Å². The summed E-state index contributed by atoms with van der Waals surface area (Å²) >= 11 is 0. The van der Waals surface area contributed by atoms with Gasteiger partial charge in [-0.25, -0.2) is 13.1 Å². The first kappa shape index (κ1) is 13.5. The van der Waals surface area contributed by atoms with E-state index in [0.717, 1.165) is 12.8 Å². The molecule has 5 heteroatoms. The minimum Gasteiger partial charge on any atom is -0.211 e. The van der Waals surface area contributed by atoms with E-state index in [4.69, 9.17) is 5.26 Å². The van der Waals surface area contributed by atoms with E-state index in [9.17, 15) is 8.42 Å². The molecule has 0 aromatic carbocycles. The van der Waals surface area contributed by atoms with Crippen LogP contribution in [0.4, 0.5) is 0 Å². The van der Waals surface area contributed by atoms with E-state index >= 15 is 0 Å². The van der Waals surface area contributed by atoms with Gasteiger partial charge in [-0.2, -0.15) is 5.26 Å². The summed E-state index contributed by atoms with van der Waals surface area (Å²) < 4.78 is 26.0. The smallest absolute Gasteiger partial charge is 0.211 e. The molecule has 1 aliphatic rings. The van der Waals surface area contributed by atoms with Gasteiger partial charge in [0.1, 0.15) is 0 Å². The lowest BCUT2D eigenvalue weighted by Gasteiger charge is -2.28. The third-order valence-electron chi connectivity index (χ3n) is 3.35. The highest BCUT2D eigenvalue weighted by Gasteiger charge is 2.27. The lowest BCUT2D eigenvalue weighted by atomic mass is 9.85. The molecule has 1 fully saturated rings. The first-order valence-corrected chi connectivity index (χ1v) is 7.42. The predicted octanol–water partition coefficient (Wildman–Crippen LogP) is 1.79. The number of nitrogens with one attached hydrogen (secondary N) is 1. The maximum absolute atomic E-state index is 11.7. The fourth-order valence-corrected chi connectivity index (χ4v) is 3.21. The van der Waals surface area contributed by atoms with Gasteiger partial charge in [0.15, 0.2) is 5.25 Å². The summed E-state index contributed by atoms with van der Waals surface area (Å²) in [7, 11) is -3.47. The second kappa shape index (κ2) is 5.65. The quantitative estimate of drug-likeness (QED) is 0.819. The summed E-state index contributed by atoms with van der Waals surface area (Å²) in [5.41, 5.74) is 0. The van der Waals surface area contributed by atoms with Crippen molar-refractivity contribution in [2.24, 2.45) is 5.92 Å². The van der Waals surface area contributed by atoms with Crippen LogP contribution in [0.2, 0.25) is 0 Å². The summed E-state index contributed by atoms with van der Waals surface area (Å²) in [5.74, 6) is 0.425. The van der Waals surface area contributed by atoms with Gasteiger partial charge in [-0.05, 0) is 32.6 Å². The SMILES string of the molecule is CC(NS(=O)(=O)C(C)C#N)C1CCCCC1. The molecule has 4 nitrogen and oxygen atoms in total. The van der Waals surface area contributed by atoms with Crippen molar-refractivity contribution in [3.8, 4) is 6.07 Å². The average molecular weight is 244 g/mol. The number of hydrogen-bond acceptors (Lipinski definition) is 3. The predicted molar refractivity (Wildman–Crippen MR) is 63.2 cm³/mol. The summed E-state index contributed by atoms with van der Waals surface area (Å²) in [6.45, 7) is 3.31. The van der Waals surface area contributed by atoms with Gasteiger partial charge in [0.25, 0.3) is 0 Å². The first-order chi connectivity index (χ1) is 7.47. The highest BCUT2D eigenvalue weighted by atomic mass is 32.2. The van der Waals surface area contributed by atoms with Crippen LogP contribution in [-0.4, -0.2) is 19.7 Å². The normalized spacial score (nSPS) is 22.3. The summed E-state index contributed by atoms with van der Waals surface area (Å²) in [5, 5.41) is 7.65. The third kappa shape index (κ3) is 3.46. The molecule has 16 heavy (non-hydrogen) atoms. The number of rotatable bonds is 4. The van der Waals surface area contributed by atoms with Crippen molar-refractivity contribution in [3.63, 3.8) is 0 Å². The Morgan fingerprint density at radius 2 is 1.81 bits per heavy atom. The lowest BCUT2D eigenvalue weighted by molar-refractivity contribution is 0.303. The van der Waals surface area contributed by atoms with Crippen molar-refractivity contribution in [2.75, 3.05) is 0 Å². The molecule has 2 atom stereocenters. The molecule has 0 aromatic heterocycles. The molecule has 0 amide bonds. The molecule has 1 N–H and O–H groups in total. The highest BCUT2D eigenvalue weighted by molar-refractivity contribution is 7.90. The first-order valence-electron chi connectivity index (χ1n) is 5.88. The van der Waals surface area contributed by atoms with Gasteiger partial charge in [0.2, 0.25) is 10.0 Å². The minimum atomic E-state index is -3.47. The van der Waals surface area contributed by atoms with Crippen molar-refractivity contribution in [3.05, 3.63) is 0 Å². The zero-order valence-corrected chi connectivity index (χ0v) is 10.8. The Hall–Kier alpha value is -0.600. The van der Waals surface area contributed by atoms with E-state index in [1.165, 1.54) is 26.2 Å². The maximum atomic E-state index is 11.7. The largest absolute Gasteiger partial charge is 0.227 e. The standard InChI is InChI=1S/C11H20N2O2S/c1-9(8-12)16(14,15)13-10(2)11-6-4-3-5-7-11/h9-11,13H,3-7H2,1-2H3. The molecule has 1 saturated carbocycles. The van der Waals surface area contributed by atoms with Crippen LogP contribution < -0.4 is 4.72 Å². The van der Waals surface area contributed by atoms with Gasteiger partial charge in [0, 0.05) is 6.04 Å². The molecule has 0 bridgehead atoms. The van der Waals surface area contributed by atoms with Crippen molar-refractivity contribution in [2.45, 2.75) is 57.2 Å². The van der Waals surface area contributed by atoms with Crippen LogP contribution in [0.5, 0.6) is 0 Å². The molecule has 1 rings (SSSR count). The zero-order chi connectivity index (χ0) is 12.2. The second-order valence-corrected chi connectivity index (χ2v) is 6.65. The van der Waals surface area contributed by atoms with E-state index in [1.54, 1.807) is 6.07 Å².